The summed E-state index contributed by atoms with van der Waals surface area (Å²) in [7, 11) is -10.00. The van der Waals surface area contributed by atoms with Crippen LogP contribution in [0.1, 0.15) is 0 Å². The molecule has 0 amide bonds. The van der Waals surface area contributed by atoms with E-state index in [1.165, 1.54) is 12.1 Å². The van der Waals surface area contributed by atoms with E-state index in [0.29, 0.717) is 8.95 Å². The van der Waals surface area contributed by atoms with Crippen LogP contribution in [-0.4, -0.2) is 25.1 Å². The highest BCUT2D eigenvalue weighted by Crippen LogP contribution is 2.59. The Morgan fingerprint density at radius 1 is 0.944 bits per heavy atom. The Hall–Kier alpha value is 0.280. The van der Waals surface area contributed by atoms with Gasteiger partial charge in [-0.2, -0.15) is 0 Å². The molecule has 0 saturated carbocycles. The highest BCUT2D eigenvalue weighted by atomic mass is 79.9. The predicted molar refractivity (Wildman–Crippen MR) is 73.3 cm³/mol. The van der Waals surface area contributed by atoms with Crippen molar-refractivity contribution in [2.45, 2.75) is 5.52 Å². The standard InChI is InChI=1S/C7H9Br2NO6P2/c8-4-1-5(9)3-6(2-4)10-7(17(11,12)13)18(14,15)16/h1-3,7,10H,(H2,11,12,13)(H2,14,15,16). The molecule has 1 aromatic carbocycles. The molecule has 0 saturated heterocycles. The van der Waals surface area contributed by atoms with Crippen LogP contribution in [0.25, 0.3) is 0 Å². The monoisotopic (exact) mass is 423 g/mol. The normalized spacial score (nSPS) is 12.8. The summed E-state index contributed by atoms with van der Waals surface area (Å²) in [5.74, 6) is 0. The minimum atomic E-state index is -5.00. The van der Waals surface area contributed by atoms with Gasteiger partial charge in [-0.15, -0.1) is 0 Å². The van der Waals surface area contributed by atoms with E-state index in [2.05, 4.69) is 37.2 Å². The highest BCUT2D eigenvalue weighted by Gasteiger charge is 2.43. The molecule has 0 radical (unpaired) electrons. The first kappa shape index (κ1) is 16.3. The summed E-state index contributed by atoms with van der Waals surface area (Å²) in [4.78, 5) is 35.8. The molecule has 0 unspecified atom stereocenters. The minimum Gasteiger partial charge on any atom is -0.362 e. The Morgan fingerprint density at radius 3 is 1.67 bits per heavy atom. The van der Waals surface area contributed by atoms with Crippen LogP contribution in [0.15, 0.2) is 27.1 Å². The lowest BCUT2D eigenvalue weighted by Gasteiger charge is -2.21. The average molecular weight is 425 g/mol. The smallest absolute Gasteiger partial charge is 0.360 e. The van der Waals surface area contributed by atoms with Gasteiger partial charge in [0.2, 0.25) is 5.52 Å². The highest BCUT2D eigenvalue weighted by molar-refractivity contribution is 9.11. The Morgan fingerprint density at radius 2 is 1.33 bits per heavy atom. The third-order valence-electron chi connectivity index (χ3n) is 1.80. The number of halogens is 2. The lowest BCUT2D eigenvalue weighted by Crippen LogP contribution is -2.19. The Bertz CT molecular complexity index is 498. The summed E-state index contributed by atoms with van der Waals surface area (Å²) in [6.07, 6.45) is 0. The van der Waals surface area contributed by atoms with Crippen LogP contribution in [-0.2, 0) is 9.13 Å². The Labute approximate surface area is 119 Å². The van der Waals surface area contributed by atoms with E-state index in [0.717, 1.165) is 0 Å². The lowest BCUT2D eigenvalue weighted by molar-refractivity contribution is 0.343. The van der Waals surface area contributed by atoms with Crippen LogP contribution < -0.4 is 5.32 Å². The summed E-state index contributed by atoms with van der Waals surface area (Å²) in [6.45, 7) is 0. The van der Waals surface area contributed by atoms with Gasteiger partial charge >= 0.3 is 15.2 Å². The maximum atomic E-state index is 11.1. The van der Waals surface area contributed by atoms with Crippen LogP contribution in [0.5, 0.6) is 0 Å². The van der Waals surface area contributed by atoms with Crippen LogP contribution >= 0.6 is 47.1 Å². The van der Waals surface area contributed by atoms with Crippen molar-refractivity contribution in [1.82, 2.24) is 0 Å². The van der Waals surface area contributed by atoms with Gasteiger partial charge in [0.05, 0.1) is 0 Å². The first-order chi connectivity index (χ1) is 8.00. The van der Waals surface area contributed by atoms with E-state index in [1.54, 1.807) is 6.07 Å². The molecular weight excluding hydrogens is 416 g/mol. The van der Waals surface area contributed by atoms with Gasteiger partial charge in [-0.3, -0.25) is 9.13 Å². The van der Waals surface area contributed by atoms with Crippen molar-refractivity contribution in [2.75, 3.05) is 5.32 Å². The van der Waals surface area contributed by atoms with Crippen LogP contribution in [0.2, 0.25) is 0 Å². The van der Waals surface area contributed by atoms with Gasteiger partial charge in [0.15, 0.2) is 0 Å². The summed E-state index contributed by atoms with van der Waals surface area (Å²) in [6, 6.07) is 4.53. The molecule has 0 fully saturated rings. The van der Waals surface area contributed by atoms with Crippen molar-refractivity contribution in [1.29, 1.82) is 0 Å². The zero-order valence-corrected chi connectivity index (χ0v) is 13.5. The topological polar surface area (TPSA) is 127 Å². The molecule has 11 heteroatoms. The Balaban J connectivity index is 3.12. The zero-order valence-electron chi connectivity index (χ0n) is 8.57. The molecule has 0 aromatic heterocycles. The van der Waals surface area contributed by atoms with Gasteiger partial charge < -0.3 is 24.9 Å². The molecule has 0 aliphatic carbocycles. The van der Waals surface area contributed by atoms with Crippen molar-refractivity contribution >= 4 is 52.7 Å². The van der Waals surface area contributed by atoms with E-state index in [4.69, 9.17) is 19.6 Å². The molecule has 102 valence electrons. The van der Waals surface area contributed by atoms with E-state index in [-0.39, 0.29) is 5.69 Å². The van der Waals surface area contributed by atoms with Crippen molar-refractivity contribution < 1.29 is 28.7 Å². The van der Waals surface area contributed by atoms with Crippen molar-refractivity contribution in [3.05, 3.63) is 27.1 Å². The fraction of sp³-hybridized carbons (Fsp3) is 0.143. The molecule has 0 heterocycles. The van der Waals surface area contributed by atoms with E-state index < -0.39 is 20.7 Å². The average Bonchev–Trinajstić information content (AvgIpc) is 2.08. The summed E-state index contributed by atoms with van der Waals surface area (Å²) in [5.41, 5.74) is -2.11. The van der Waals surface area contributed by atoms with Gasteiger partial charge in [0.25, 0.3) is 0 Å². The van der Waals surface area contributed by atoms with Gasteiger partial charge in [-0.1, -0.05) is 31.9 Å². The molecule has 0 bridgehead atoms. The molecule has 18 heavy (non-hydrogen) atoms. The van der Waals surface area contributed by atoms with Crippen molar-refractivity contribution in [2.24, 2.45) is 0 Å². The fourth-order valence-corrected chi connectivity index (χ4v) is 4.65. The summed E-state index contributed by atoms with van der Waals surface area (Å²) < 4.78 is 23.3. The molecule has 7 nitrogen and oxygen atoms in total. The lowest BCUT2D eigenvalue weighted by atomic mass is 10.3. The second-order valence-electron chi connectivity index (χ2n) is 3.35. The van der Waals surface area contributed by atoms with Gasteiger partial charge in [0, 0.05) is 14.6 Å². The van der Waals surface area contributed by atoms with Crippen LogP contribution in [0.4, 0.5) is 5.69 Å². The quantitative estimate of drug-likeness (QED) is 0.469. The zero-order chi connectivity index (χ0) is 14.1. The SMILES string of the molecule is O=P(O)(O)C(Nc1cc(Br)cc(Br)c1)P(=O)(O)O. The molecule has 0 aliphatic rings. The van der Waals surface area contributed by atoms with Crippen LogP contribution in [0, 0.1) is 0 Å². The van der Waals surface area contributed by atoms with Crippen molar-refractivity contribution in [3.8, 4) is 0 Å². The maximum Gasteiger partial charge on any atom is 0.360 e. The molecule has 5 N–H and O–H groups in total. The second-order valence-corrected chi connectivity index (χ2v) is 8.98. The van der Waals surface area contributed by atoms with Crippen molar-refractivity contribution in [3.63, 3.8) is 0 Å². The fourth-order valence-electron chi connectivity index (χ4n) is 1.15. The molecule has 1 aromatic rings. The third-order valence-corrected chi connectivity index (χ3v) is 6.05. The minimum absolute atomic E-state index is 0.160. The molecule has 0 aliphatic heterocycles. The van der Waals surface area contributed by atoms with E-state index >= 15 is 0 Å². The number of hydrogen-bond donors (Lipinski definition) is 5. The van der Waals surface area contributed by atoms with Gasteiger partial charge in [-0.05, 0) is 18.2 Å². The van der Waals surface area contributed by atoms with E-state index in [9.17, 15) is 9.13 Å². The summed E-state index contributed by atoms with van der Waals surface area (Å²) in [5, 5.41) is 2.15. The first-order valence-electron chi connectivity index (χ1n) is 4.33. The summed E-state index contributed by atoms with van der Waals surface area (Å²) >= 11 is 6.29. The number of rotatable bonds is 4. The van der Waals surface area contributed by atoms with E-state index in [1.807, 2.05) is 0 Å². The van der Waals surface area contributed by atoms with Crippen LogP contribution in [0.3, 0.4) is 0 Å². The number of nitrogens with one attached hydrogen (secondary N) is 1. The second kappa shape index (κ2) is 5.73. The first-order valence-corrected chi connectivity index (χ1v) is 9.28. The number of hydrogen-bond acceptors (Lipinski definition) is 3. The number of benzene rings is 1. The van der Waals surface area contributed by atoms with Gasteiger partial charge in [-0.25, -0.2) is 0 Å². The Kier molecular flexibility index (Phi) is 5.20. The predicted octanol–water partition coefficient (Wildman–Crippen LogP) is 2.26. The molecule has 1 rings (SSSR count). The molecule has 0 spiro atoms. The molecular formula is C7H9Br2NO6P2. The number of anilines is 1. The largest absolute Gasteiger partial charge is 0.362 e. The van der Waals surface area contributed by atoms with Gasteiger partial charge in [0.1, 0.15) is 0 Å². The maximum absolute atomic E-state index is 11.1. The molecule has 0 atom stereocenters. The third kappa shape index (κ3) is 4.75.